The first kappa shape index (κ1) is 14.4. The number of rotatable bonds is 3. The maximum absolute atomic E-state index is 9.21. The fourth-order valence-corrected chi connectivity index (χ4v) is 3.13. The van der Waals surface area contributed by atoms with Crippen molar-refractivity contribution in [3.8, 4) is 28.6 Å². The molecule has 1 fully saturated rings. The molecule has 2 aromatic heterocycles. The van der Waals surface area contributed by atoms with Gasteiger partial charge >= 0.3 is 0 Å². The fraction of sp³-hybridized carbons (Fsp3) is 0.222. The number of likely N-dealkylation sites (tertiary alicyclic amines) is 1. The molecule has 1 aliphatic rings. The molecule has 1 unspecified atom stereocenters. The van der Waals surface area contributed by atoms with E-state index < -0.39 is 0 Å². The molecule has 6 nitrogen and oxygen atoms in total. The van der Waals surface area contributed by atoms with Crippen LogP contribution in [-0.4, -0.2) is 31.0 Å². The van der Waals surface area contributed by atoms with E-state index in [0.717, 1.165) is 41.8 Å². The molecule has 1 aliphatic heterocycles. The second-order valence-electron chi connectivity index (χ2n) is 5.83. The highest BCUT2D eigenvalue weighted by Crippen LogP contribution is 2.29. The number of hydrogen-bond donors (Lipinski definition) is 0. The third kappa shape index (κ3) is 2.61. The lowest BCUT2D eigenvalue weighted by molar-refractivity contribution is 0.281. The van der Waals surface area contributed by atoms with Crippen molar-refractivity contribution in [2.24, 2.45) is 0 Å². The van der Waals surface area contributed by atoms with Crippen LogP contribution in [-0.2, 0) is 0 Å². The first-order valence-electron chi connectivity index (χ1n) is 7.91. The van der Waals surface area contributed by atoms with Crippen molar-refractivity contribution in [3.63, 3.8) is 0 Å². The van der Waals surface area contributed by atoms with E-state index in [1.54, 1.807) is 12.4 Å². The molecular formula is C18H16N6. The molecule has 3 aromatic rings. The Labute approximate surface area is 140 Å². The Morgan fingerprint density at radius 1 is 1.12 bits per heavy atom. The van der Waals surface area contributed by atoms with Gasteiger partial charge in [0, 0.05) is 36.3 Å². The summed E-state index contributed by atoms with van der Waals surface area (Å²) in [6, 6.07) is 8.17. The molecule has 0 aliphatic carbocycles. The van der Waals surface area contributed by atoms with Crippen molar-refractivity contribution in [3.05, 3.63) is 55.5 Å². The van der Waals surface area contributed by atoms with E-state index in [-0.39, 0.29) is 6.17 Å². The minimum absolute atomic E-state index is 0.0851. The molecule has 1 saturated heterocycles. The minimum Gasteiger partial charge on any atom is -0.315 e. The third-order valence-electron chi connectivity index (χ3n) is 4.35. The molecule has 0 N–H and O–H groups in total. The smallest absolute Gasteiger partial charge is 0.181 e. The molecule has 24 heavy (non-hydrogen) atoms. The van der Waals surface area contributed by atoms with Crippen molar-refractivity contribution < 1.29 is 0 Å². The summed E-state index contributed by atoms with van der Waals surface area (Å²) in [5.41, 5.74) is 3.97. The molecule has 0 radical (unpaired) electrons. The first-order valence-corrected chi connectivity index (χ1v) is 7.91. The predicted octanol–water partition coefficient (Wildman–Crippen LogP) is 3.08. The highest BCUT2D eigenvalue weighted by atomic mass is 15.3. The Kier molecular flexibility index (Phi) is 3.67. The fourth-order valence-electron chi connectivity index (χ4n) is 3.13. The molecule has 118 valence electrons. The van der Waals surface area contributed by atoms with Crippen LogP contribution in [0.25, 0.3) is 22.4 Å². The number of hydrogen-bond acceptors (Lipinski definition) is 5. The van der Waals surface area contributed by atoms with Gasteiger partial charge in [-0.2, -0.15) is 5.26 Å². The molecule has 1 aromatic carbocycles. The van der Waals surface area contributed by atoms with Crippen molar-refractivity contribution in [1.29, 1.82) is 5.26 Å². The molecule has 6 heteroatoms. The summed E-state index contributed by atoms with van der Waals surface area (Å²) >= 11 is 0. The van der Waals surface area contributed by atoms with Gasteiger partial charge in [-0.3, -0.25) is 4.90 Å². The van der Waals surface area contributed by atoms with E-state index in [1.165, 1.54) is 6.33 Å². The number of aromatic nitrogens is 4. The van der Waals surface area contributed by atoms with Gasteiger partial charge < -0.3 is 4.57 Å². The van der Waals surface area contributed by atoms with Crippen LogP contribution in [0.1, 0.15) is 19.0 Å². The maximum atomic E-state index is 9.21. The zero-order chi connectivity index (χ0) is 16.4. The van der Waals surface area contributed by atoms with Gasteiger partial charge in [0.25, 0.3) is 0 Å². The van der Waals surface area contributed by atoms with E-state index in [0.29, 0.717) is 0 Å². The average molecular weight is 316 g/mol. The lowest BCUT2D eigenvalue weighted by Crippen LogP contribution is -2.21. The molecule has 1 atom stereocenters. The molecule has 0 bridgehead atoms. The lowest BCUT2D eigenvalue weighted by atomic mass is 10.0. The van der Waals surface area contributed by atoms with Gasteiger partial charge in [0.2, 0.25) is 0 Å². The molecule has 0 spiro atoms. The van der Waals surface area contributed by atoms with Gasteiger partial charge in [-0.25, -0.2) is 15.0 Å². The number of benzene rings is 1. The highest BCUT2D eigenvalue weighted by molar-refractivity contribution is 5.70. The summed E-state index contributed by atoms with van der Waals surface area (Å²) < 4.78 is 2.03. The normalized spacial score (nSPS) is 17.0. The van der Waals surface area contributed by atoms with E-state index >= 15 is 0 Å². The van der Waals surface area contributed by atoms with Crippen LogP contribution < -0.4 is 0 Å². The van der Waals surface area contributed by atoms with Crippen molar-refractivity contribution in [2.45, 2.75) is 19.0 Å². The first-order chi connectivity index (χ1) is 11.8. The topological polar surface area (TPSA) is 70.6 Å². The van der Waals surface area contributed by atoms with Crippen LogP contribution in [0.5, 0.6) is 0 Å². The van der Waals surface area contributed by atoms with Crippen LogP contribution in [0.2, 0.25) is 0 Å². The van der Waals surface area contributed by atoms with Crippen LogP contribution in [0.4, 0.5) is 0 Å². The number of nitriles is 1. The predicted molar refractivity (Wildman–Crippen MR) is 89.3 cm³/mol. The largest absolute Gasteiger partial charge is 0.315 e. The third-order valence-corrected chi connectivity index (χ3v) is 4.35. The van der Waals surface area contributed by atoms with Crippen molar-refractivity contribution >= 4 is 0 Å². The van der Waals surface area contributed by atoms with Crippen LogP contribution in [0, 0.1) is 11.5 Å². The van der Waals surface area contributed by atoms with Gasteiger partial charge in [-0.05, 0) is 24.5 Å². The Morgan fingerprint density at radius 2 is 1.96 bits per heavy atom. The molecule has 4 rings (SSSR count). The van der Waals surface area contributed by atoms with Crippen molar-refractivity contribution in [1.82, 2.24) is 24.4 Å². The number of nitrogens with zero attached hydrogens (tertiary/aromatic N) is 6. The van der Waals surface area contributed by atoms with E-state index in [1.807, 2.05) is 40.2 Å². The maximum Gasteiger partial charge on any atom is 0.181 e. The summed E-state index contributed by atoms with van der Waals surface area (Å²) in [6.45, 7) is 0.818. The van der Waals surface area contributed by atoms with E-state index in [9.17, 15) is 5.26 Å². The molecular weight excluding hydrogens is 300 g/mol. The second-order valence-corrected chi connectivity index (χ2v) is 5.83. The lowest BCUT2D eigenvalue weighted by Gasteiger charge is -2.19. The SMILES string of the molecule is N#CN1CCCC1n1cnc(-c2cccc(-c3cncnc3)c2)c1. The Morgan fingerprint density at radius 3 is 2.79 bits per heavy atom. The summed E-state index contributed by atoms with van der Waals surface area (Å²) in [5.74, 6) is 0. The van der Waals surface area contributed by atoms with Crippen LogP contribution >= 0.6 is 0 Å². The standard InChI is InChI=1S/C18H16N6/c19-11-23-6-2-5-18(23)24-10-17(22-13-24)15-4-1-3-14(7-15)16-8-20-12-21-9-16/h1,3-4,7-10,12-13,18H,2,5-6H2. The Bertz CT molecular complexity index is 880. The Balaban J connectivity index is 1.65. The quantitative estimate of drug-likeness (QED) is 0.694. The zero-order valence-electron chi connectivity index (χ0n) is 13.1. The minimum atomic E-state index is 0.0851. The van der Waals surface area contributed by atoms with Gasteiger partial charge in [-0.15, -0.1) is 0 Å². The molecule has 0 saturated carbocycles. The van der Waals surface area contributed by atoms with Crippen molar-refractivity contribution in [2.75, 3.05) is 6.54 Å². The summed E-state index contributed by atoms with van der Waals surface area (Å²) in [4.78, 5) is 14.5. The van der Waals surface area contributed by atoms with Crippen LogP contribution in [0.3, 0.4) is 0 Å². The molecule has 3 heterocycles. The molecule has 0 amide bonds. The highest BCUT2D eigenvalue weighted by Gasteiger charge is 2.25. The van der Waals surface area contributed by atoms with Gasteiger partial charge in [0.05, 0.1) is 12.0 Å². The average Bonchev–Trinajstić information content (AvgIpc) is 3.31. The Hall–Kier alpha value is -3.20. The van der Waals surface area contributed by atoms with Gasteiger partial charge in [0.1, 0.15) is 12.5 Å². The van der Waals surface area contributed by atoms with E-state index in [2.05, 4.69) is 27.2 Å². The number of imidazole rings is 1. The van der Waals surface area contributed by atoms with Crippen LogP contribution in [0.15, 0.2) is 55.5 Å². The second kappa shape index (κ2) is 6.13. The summed E-state index contributed by atoms with van der Waals surface area (Å²) in [7, 11) is 0. The van der Waals surface area contributed by atoms with E-state index in [4.69, 9.17) is 0 Å². The summed E-state index contributed by atoms with van der Waals surface area (Å²) in [6.07, 6.45) is 13.3. The monoisotopic (exact) mass is 316 g/mol. The van der Waals surface area contributed by atoms with Gasteiger partial charge in [0.15, 0.2) is 6.19 Å². The summed E-state index contributed by atoms with van der Waals surface area (Å²) in [5, 5.41) is 9.21. The zero-order valence-corrected chi connectivity index (χ0v) is 13.1. The van der Waals surface area contributed by atoms with Gasteiger partial charge in [-0.1, -0.05) is 18.2 Å².